The normalized spacial score (nSPS) is 11.8. The fourth-order valence-corrected chi connectivity index (χ4v) is 15.3. The third-order valence-electron chi connectivity index (χ3n) is 15.4. The molecule has 0 fully saturated rings. The van der Waals surface area contributed by atoms with E-state index < -0.39 is 0 Å². The zero-order chi connectivity index (χ0) is 51.3. The second-order valence-corrected chi connectivity index (χ2v) is 23.2. The summed E-state index contributed by atoms with van der Waals surface area (Å²) in [6.45, 7) is 0. The van der Waals surface area contributed by atoms with Gasteiger partial charge in [-0.25, -0.2) is 0 Å². The number of furan rings is 1. The molecule has 4 heterocycles. The minimum atomic E-state index is 0.884. The number of fused-ring (bicyclic) bond motifs is 12. The third kappa shape index (κ3) is 7.37. The van der Waals surface area contributed by atoms with Crippen molar-refractivity contribution in [1.29, 1.82) is 0 Å². The van der Waals surface area contributed by atoms with Crippen LogP contribution in [0.4, 0.5) is 34.1 Å². The predicted octanol–water partition coefficient (Wildman–Crippen LogP) is 22.6. The van der Waals surface area contributed by atoms with E-state index in [1.165, 1.54) is 66.1 Å². The number of nitrogens with zero attached hydrogens (tertiary/aromatic N) is 2. The Balaban J connectivity index is 1.06. The fourth-order valence-electron chi connectivity index (χ4n) is 11.8. The maximum atomic E-state index is 6.44. The van der Waals surface area contributed by atoms with Gasteiger partial charge in [-0.2, -0.15) is 0 Å². The summed E-state index contributed by atoms with van der Waals surface area (Å²) >= 11 is 5.58. The Morgan fingerprint density at radius 3 is 1.40 bits per heavy atom. The van der Waals surface area contributed by atoms with Crippen molar-refractivity contribution < 1.29 is 4.42 Å². The fraction of sp³-hybridized carbons (Fsp3) is 0. The molecule has 0 aliphatic carbocycles. The summed E-state index contributed by atoms with van der Waals surface area (Å²) in [5, 5.41) is 9.78. The molecule has 0 radical (unpaired) electrons. The van der Waals surface area contributed by atoms with Crippen LogP contribution in [-0.4, -0.2) is 0 Å². The molecular weight excluding hydrogens is 1010 g/mol. The van der Waals surface area contributed by atoms with E-state index in [9.17, 15) is 0 Å². The number of rotatable bonds is 9. The number of hydrogen-bond donors (Lipinski definition) is 0. The first-order chi connectivity index (χ1) is 38.6. The molecule has 6 heteroatoms. The van der Waals surface area contributed by atoms with Crippen molar-refractivity contribution in [1.82, 2.24) is 0 Å². The van der Waals surface area contributed by atoms with Crippen LogP contribution in [0.25, 0.3) is 116 Å². The highest BCUT2D eigenvalue weighted by Gasteiger charge is 2.29. The van der Waals surface area contributed by atoms with Crippen LogP contribution in [0.5, 0.6) is 0 Å². The predicted molar refractivity (Wildman–Crippen MR) is 338 cm³/mol. The molecular formula is C72H44N2OS3. The zero-order valence-electron chi connectivity index (χ0n) is 41.9. The average molecular weight is 1050 g/mol. The molecule has 0 spiro atoms. The van der Waals surface area contributed by atoms with E-state index in [4.69, 9.17) is 4.42 Å². The Morgan fingerprint density at radius 1 is 0.256 bits per heavy atom. The van der Waals surface area contributed by atoms with Crippen molar-refractivity contribution in [3.05, 3.63) is 267 Å². The highest BCUT2D eigenvalue weighted by molar-refractivity contribution is 7.27. The molecule has 0 bridgehead atoms. The first kappa shape index (κ1) is 44.9. The monoisotopic (exact) mass is 1050 g/mol. The third-order valence-corrected chi connectivity index (χ3v) is 18.9. The van der Waals surface area contributed by atoms with E-state index in [-0.39, 0.29) is 0 Å². The van der Waals surface area contributed by atoms with Crippen LogP contribution in [0.3, 0.4) is 0 Å². The average Bonchev–Trinajstić information content (AvgIpc) is 4.41. The van der Waals surface area contributed by atoms with Crippen LogP contribution < -0.4 is 9.80 Å². The maximum absolute atomic E-state index is 6.44. The molecule has 3 nitrogen and oxygen atoms in total. The minimum Gasteiger partial charge on any atom is -0.456 e. The van der Waals surface area contributed by atoms with Crippen molar-refractivity contribution >= 4 is 151 Å². The molecule has 0 aliphatic rings. The molecule has 4 aromatic heterocycles. The largest absolute Gasteiger partial charge is 0.456 e. The van der Waals surface area contributed by atoms with Gasteiger partial charge in [-0.15, -0.1) is 34.0 Å². The van der Waals surface area contributed by atoms with Gasteiger partial charge in [-0.1, -0.05) is 158 Å². The highest BCUT2D eigenvalue weighted by atomic mass is 32.1. The lowest BCUT2D eigenvalue weighted by molar-refractivity contribution is 0.669. The Bertz CT molecular complexity index is 4990. The summed E-state index contributed by atoms with van der Waals surface area (Å²) in [6.07, 6.45) is 0. The second-order valence-electron chi connectivity index (χ2n) is 20.0. The van der Waals surface area contributed by atoms with Crippen LogP contribution in [0, 0.1) is 0 Å². The van der Waals surface area contributed by atoms with Crippen molar-refractivity contribution in [3.63, 3.8) is 0 Å². The van der Waals surface area contributed by atoms with E-state index in [0.717, 1.165) is 83.9 Å². The number of hydrogen-bond acceptors (Lipinski definition) is 6. The van der Waals surface area contributed by atoms with Gasteiger partial charge < -0.3 is 14.2 Å². The van der Waals surface area contributed by atoms with E-state index in [0.29, 0.717) is 0 Å². The Morgan fingerprint density at radius 2 is 0.744 bits per heavy atom. The van der Waals surface area contributed by atoms with E-state index in [2.05, 4.69) is 271 Å². The first-order valence-electron chi connectivity index (χ1n) is 26.3. The SMILES string of the molecule is c1ccc(-c2cc(-c3cc(-c4ccc5oc6ccccc6c5c4)c4sc5ccccc5c4c3)c(N(c3ccccc3)c3ccc4c(c3)sc3ccccc34)c(N(c3ccccc3)c3ccc4c(c3)sc3ccccc34)c2)cc1. The molecule has 0 saturated heterocycles. The van der Waals surface area contributed by atoms with E-state index >= 15 is 0 Å². The summed E-state index contributed by atoms with van der Waals surface area (Å²) < 4.78 is 14.0. The number of anilines is 6. The van der Waals surface area contributed by atoms with Crippen molar-refractivity contribution in [2.75, 3.05) is 9.80 Å². The quantitative estimate of drug-likeness (QED) is 0.144. The van der Waals surface area contributed by atoms with Crippen LogP contribution >= 0.6 is 34.0 Å². The lowest BCUT2D eigenvalue weighted by atomic mass is 9.90. The summed E-state index contributed by atoms with van der Waals surface area (Å²) in [6, 6.07) is 98.4. The van der Waals surface area contributed by atoms with Crippen molar-refractivity contribution in [2.45, 2.75) is 0 Å². The molecule has 16 aromatic rings. The lowest BCUT2D eigenvalue weighted by Gasteiger charge is -2.35. The lowest BCUT2D eigenvalue weighted by Crippen LogP contribution is -2.18. The molecule has 0 saturated carbocycles. The molecule has 0 amide bonds. The van der Waals surface area contributed by atoms with Crippen LogP contribution in [0.1, 0.15) is 0 Å². The van der Waals surface area contributed by atoms with Crippen molar-refractivity contribution in [2.24, 2.45) is 0 Å². The van der Waals surface area contributed by atoms with Crippen LogP contribution in [0.2, 0.25) is 0 Å². The maximum Gasteiger partial charge on any atom is 0.135 e. The number of thiophene rings is 3. The molecule has 0 unspecified atom stereocenters. The van der Waals surface area contributed by atoms with Gasteiger partial charge in [0.2, 0.25) is 0 Å². The van der Waals surface area contributed by atoms with E-state index in [1.54, 1.807) is 0 Å². The number of para-hydroxylation sites is 3. The minimum absolute atomic E-state index is 0.884. The summed E-state index contributed by atoms with van der Waals surface area (Å²) in [7, 11) is 0. The van der Waals surface area contributed by atoms with Gasteiger partial charge in [0, 0.05) is 105 Å². The second kappa shape index (κ2) is 18.2. The summed E-state index contributed by atoms with van der Waals surface area (Å²) in [5.74, 6) is 0. The van der Waals surface area contributed by atoms with Crippen LogP contribution in [0.15, 0.2) is 271 Å². The molecule has 0 atom stereocenters. The molecule has 0 aliphatic heterocycles. The van der Waals surface area contributed by atoms with Crippen molar-refractivity contribution in [3.8, 4) is 33.4 Å². The van der Waals surface area contributed by atoms with Gasteiger partial charge in [0.25, 0.3) is 0 Å². The van der Waals surface area contributed by atoms with Gasteiger partial charge >= 0.3 is 0 Å². The smallest absolute Gasteiger partial charge is 0.135 e. The Kier molecular flexibility index (Phi) is 10.5. The van der Waals surface area contributed by atoms with Gasteiger partial charge in [0.15, 0.2) is 0 Å². The molecule has 12 aromatic carbocycles. The van der Waals surface area contributed by atoms with Gasteiger partial charge in [0.1, 0.15) is 11.2 Å². The highest BCUT2D eigenvalue weighted by Crippen LogP contribution is 2.55. The molecule has 78 heavy (non-hydrogen) atoms. The first-order valence-corrected chi connectivity index (χ1v) is 28.7. The molecule has 366 valence electrons. The van der Waals surface area contributed by atoms with Crippen LogP contribution in [-0.2, 0) is 0 Å². The molecule has 0 N–H and O–H groups in total. The van der Waals surface area contributed by atoms with E-state index in [1.807, 2.05) is 40.1 Å². The van der Waals surface area contributed by atoms with Gasteiger partial charge in [-0.3, -0.25) is 0 Å². The number of benzene rings is 12. The molecule has 16 rings (SSSR count). The topological polar surface area (TPSA) is 19.6 Å². The Hall–Kier alpha value is -9.30. The van der Waals surface area contributed by atoms with Gasteiger partial charge in [0.05, 0.1) is 11.4 Å². The summed E-state index contributed by atoms with van der Waals surface area (Å²) in [4.78, 5) is 5.02. The Labute approximate surface area is 462 Å². The summed E-state index contributed by atoms with van der Waals surface area (Å²) in [5.41, 5.74) is 14.9. The zero-order valence-corrected chi connectivity index (χ0v) is 44.4. The van der Waals surface area contributed by atoms with Gasteiger partial charge in [-0.05, 0) is 131 Å². The standard InChI is InChI=1S/C72H44N2OS3/c1-4-18-45(19-5-1)47-39-59(48-40-60(72-62(41-48)56-27-13-17-31-68(56)78-72)46-32-37-65-61(38-46)53-24-10-14-28-64(53)75-65)71(74(50-22-8-3-9-23-50)52-34-36-58-55-26-12-16-30-67(55)77-70(58)44-52)63(42-47)73(49-20-6-2-7-21-49)51-33-35-57-54-25-11-15-29-66(54)76-69(57)43-51/h1-44H.